The fourth-order valence-corrected chi connectivity index (χ4v) is 3.76. The Morgan fingerprint density at radius 3 is 2.41 bits per heavy atom. The van der Waals surface area contributed by atoms with E-state index in [1.54, 1.807) is 11.7 Å². The van der Waals surface area contributed by atoms with Gasteiger partial charge in [0.25, 0.3) is 5.91 Å². The van der Waals surface area contributed by atoms with Crippen LogP contribution in [0.25, 0.3) is 5.65 Å². The van der Waals surface area contributed by atoms with Gasteiger partial charge < -0.3 is 10.2 Å². The van der Waals surface area contributed by atoms with E-state index < -0.39 is 0 Å². The lowest BCUT2D eigenvalue weighted by Crippen LogP contribution is -2.45. The van der Waals surface area contributed by atoms with E-state index in [0.717, 1.165) is 54.5 Å². The molecule has 4 rings (SSSR count). The van der Waals surface area contributed by atoms with E-state index in [2.05, 4.69) is 31.5 Å². The molecule has 8 heteroatoms. The van der Waals surface area contributed by atoms with Crippen molar-refractivity contribution in [3.8, 4) is 0 Å². The van der Waals surface area contributed by atoms with Crippen molar-refractivity contribution >= 4 is 17.4 Å². The molecule has 0 aliphatic carbocycles. The molecule has 4 heterocycles. The van der Waals surface area contributed by atoms with Gasteiger partial charge in [0.15, 0.2) is 5.65 Å². The molecule has 3 aromatic heterocycles. The summed E-state index contributed by atoms with van der Waals surface area (Å²) in [6, 6.07) is 6.07. The van der Waals surface area contributed by atoms with Crippen LogP contribution in [-0.4, -0.2) is 49.4 Å². The number of aryl methyl sites for hydroxylation is 4. The minimum Gasteiger partial charge on any atom is -0.356 e. The van der Waals surface area contributed by atoms with E-state index in [0.29, 0.717) is 5.69 Å². The Bertz CT molecular complexity index is 995. The number of hydrogen-bond donors (Lipinski definition) is 1. The summed E-state index contributed by atoms with van der Waals surface area (Å²) in [4.78, 5) is 19.4. The second kappa shape index (κ2) is 6.68. The van der Waals surface area contributed by atoms with Crippen LogP contribution < -0.4 is 10.2 Å². The molecular formula is C19H25N7O. The number of fused-ring (bicyclic) bond motifs is 1. The van der Waals surface area contributed by atoms with Crippen molar-refractivity contribution in [1.29, 1.82) is 0 Å². The number of nitrogens with zero attached hydrogens (tertiary/aromatic N) is 6. The van der Waals surface area contributed by atoms with Crippen LogP contribution in [-0.2, 0) is 7.05 Å². The molecule has 142 valence electrons. The summed E-state index contributed by atoms with van der Waals surface area (Å²) in [6.45, 7) is 7.62. The van der Waals surface area contributed by atoms with Gasteiger partial charge in [-0.2, -0.15) is 14.7 Å². The molecule has 0 atom stereocenters. The topological polar surface area (TPSA) is 80.4 Å². The van der Waals surface area contributed by atoms with Crippen LogP contribution >= 0.6 is 0 Å². The minimum atomic E-state index is -0.0543. The fraction of sp³-hybridized carbons (Fsp3) is 0.474. The minimum absolute atomic E-state index is 0.0543. The fourth-order valence-electron chi connectivity index (χ4n) is 3.76. The molecule has 1 N–H and O–H groups in total. The highest BCUT2D eigenvalue weighted by Gasteiger charge is 2.24. The lowest BCUT2D eigenvalue weighted by molar-refractivity contribution is 0.0921. The average molecular weight is 367 g/mol. The third-order valence-electron chi connectivity index (χ3n) is 5.05. The standard InChI is InChI=1S/C19H25N7O/c1-12-11-18(26-17(20-12)10-14(3)23-26)25-7-5-15(6-8-25)21-19(27)16-9-13(2)22-24(16)4/h9-11,15H,5-8H2,1-4H3,(H,21,27). The van der Waals surface area contributed by atoms with Gasteiger partial charge >= 0.3 is 0 Å². The van der Waals surface area contributed by atoms with Gasteiger partial charge in [-0.15, -0.1) is 0 Å². The largest absolute Gasteiger partial charge is 0.356 e. The Morgan fingerprint density at radius 2 is 1.74 bits per heavy atom. The Labute approximate surface area is 158 Å². The molecule has 1 saturated heterocycles. The van der Waals surface area contributed by atoms with E-state index in [9.17, 15) is 4.79 Å². The highest BCUT2D eigenvalue weighted by molar-refractivity contribution is 5.92. The first kappa shape index (κ1) is 17.5. The average Bonchev–Trinajstić information content (AvgIpc) is 3.15. The van der Waals surface area contributed by atoms with Crippen molar-refractivity contribution < 1.29 is 4.79 Å². The summed E-state index contributed by atoms with van der Waals surface area (Å²) < 4.78 is 3.55. The van der Waals surface area contributed by atoms with Gasteiger partial charge in [-0.1, -0.05) is 0 Å². The van der Waals surface area contributed by atoms with E-state index >= 15 is 0 Å². The van der Waals surface area contributed by atoms with Crippen LogP contribution in [0.3, 0.4) is 0 Å². The van der Waals surface area contributed by atoms with Gasteiger partial charge in [-0.25, -0.2) is 4.98 Å². The van der Waals surface area contributed by atoms with E-state index in [-0.39, 0.29) is 11.9 Å². The number of piperidine rings is 1. The molecule has 1 aliphatic rings. The first-order valence-corrected chi connectivity index (χ1v) is 9.31. The summed E-state index contributed by atoms with van der Waals surface area (Å²) in [7, 11) is 1.80. The van der Waals surface area contributed by atoms with Crippen LogP contribution in [0.1, 0.15) is 40.4 Å². The summed E-state index contributed by atoms with van der Waals surface area (Å²) in [5.41, 5.74) is 4.28. The van der Waals surface area contributed by atoms with Gasteiger partial charge in [0, 0.05) is 44.0 Å². The highest BCUT2D eigenvalue weighted by atomic mass is 16.2. The first-order chi connectivity index (χ1) is 12.9. The zero-order valence-electron chi connectivity index (χ0n) is 16.2. The van der Waals surface area contributed by atoms with Gasteiger partial charge in [-0.3, -0.25) is 9.48 Å². The molecule has 1 fully saturated rings. The number of carbonyl (C=O) groups is 1. The molecule has 0 saturated carbocycles. The summed E-state index contributed by atoms with van der Waals surface area (Å²) >= 11 is 0. The van der Waals surface area contributed by atoms with Crippen LogP contribution in [0, 0.1) is 20.8 Å². The third kappa shape index (κ3) is 3.39. The Kier molecular flexibility index (Phi) is 4.33. The monoisotopic (exact) mass is 367 g/mol. The van der Waals surface area contributed by atoms with Gasteiger partial charge in [0.2, 0.25) is 0 Å². The van der Waals surface area contributed by atoms with Crippen LogP contribution in [0.2, 0.25) is 0 Å². The van der Waals surface area contributed by atoms with Gasteiger partial charge in [0.1, 0.15) is 11.5 Å². The molecule has 0 radical (unpaired) electrons. The lowest BCUT2D eigenvalue weighted by Gasteiger charge is -2.34. The van der Waals surface area contributed by atoms with Crippen molar-refractivity contribution in [2.24, 2.45) is 7.05 Å². The van der Waals surface area contributed by atoms with Crippen molar-refractivity contribution in [2.75, 3.05) is 18.0 Å². The summed E-state index contributed by atoms with van der Waals surface area (Å²) in [6.07, 6.45) is 1.79. The SMILES string of the molecule is Cc1cc(N2CCC(NC(=O)c3cc(C)nn3C)CC2)n2nc(C)cc2n1. The van der Waals surface area contributed by atoms with Crippen molar-refractivity contribution in [3.05, 3.63) is 41.0 Å². The Hall–Kier alpha value is -2.90. The molecule has 0 unspecified atom stereocenters. The maximum absolute atomic E-state index is 12.5. The normalized spacial score (nSPS) is 15.5. The Balaban J connectivity index is 1.45. The smallest absolute Gasteiger partial charge is 0.269 e. The van der Waals surface area contributed by atoms with E-state index in [1.807, 2.05) is 37.4 Å². The second-order valence-corrected chi connectivity index (χ2v) is 7.34. The predicted molar refractivity (Wildman–Crippen MR) is 103 cm³/mol. The highest BCUT2D eigenvalue weighted by Crippen LogP contribution is 2.22. The van der Waals surface area contributed by atoms with Crippen LogP contribution in [0.4, 0.5) is 5.82 Å². The van der Waals surface area contributed by atoms with Gasteiger partial charge in [0.05, 0.1) is 11.4 Å². The van der Waals surface area contributed by atoms with E-state index in [1.165, 1.54) is 0 Å². The maximum Gasteiger partial charge on any atom is 0.269 e. The molecule has 1 aliphatic heterocycles. The molecular weight excluding hydrogens is 342 g/mol. The third-order valence-corrected chi connectivity index (χ3v) is 5.05. The number of rotatable bonds is 3. The van der Waals surface area contributed by atoms with Gasteiger partial charge in [-0.05, 0) is 39.7 Å². The lowest BCUT2D eigenvalue weighted by atomic mass is 10.0. The van der Waals surface area contributed by atoms with Crippen LogP contribution in [0.15, 0.2) is 18.2 Å². The first-order valence-electron chi connectivity index (χ1n) is 9.31. The Morgan fingerprint density at radius 1 is 1.04 bits per heavy atom. The van der Waals surface area contributed by atoms with Crippen molar-refractivity contribution in [2.45, 2.75) is 39.7 Å². The second-order valence-electron chi connectivity index (χ2n) is 7.34. The van der Waals surface area contributed by atoms with Crippen molar-refractivity contribution in [1.82, 2.24) is 29.7 Å². The number of hydrogen-bond acceptors (Lipinski definition) is 5. The number of anilines is 1. The predicted octanol–water partition coefficient (Wildman–Crippen LogP) is 1.79. The molecule has 1 amide bonds. The zero-order chi connectivity index (χ0) is 19.1. The zero-order valence-corrected chi connectivity index (χ0v) is 16.2. The maximum atomic E-state index is 12.5. The quantitative estimate of drug-likeness (QED) is 0.763. The molecule has 0 bridgehead atoms. The molecule has 0 spiro atoms. The number of nitrogens with one attached hydrogen (secondary N) is 1. The number of amides is 1. The van der Waals surface area contributed by atoms with E-state index in [4.69, 9.17) is 0 Å². The van der Waals surface area contributed by atoms with Crippen LogP contribution in [0.5, 0.6) is 0 Å². The molecule has 27 heavy (non-hydrogen) atoms. The molecule has 0 aromatic carbocycles. The van der Waals surface area contributed by atoms with Crippen molar-refractivity contribution in [3.63, 3.8) is 0 Å². The number of carbonyl (C=O) groups excluding carboxylic acids is 1. The summed E-state index contributed by atoms with van der Waals surface area (Å²) in [5.74, 6) is 1.01. The number of aromatic nitrogens is 5. The molecule has 3 aromatic rings. The molecule has 8 nitrogen and oxygen atoms in total. The summed E-state index contributed by atoms with van der Waals surface area (Å²) in [5, 5.41) is 12.0.